The van der Waals surface area contributed by atoms with Gasteiger partial charge >= 0.3 is 0 Å². The molecule has 4 nitrogen and oxygen atoms in total. The molecule has 100 valence electrons. The van der Waals surface area contributed by atoms with Gasteiger partial charge in [-0.05, 0) is 19.1 Å². The summed E-state index contributed by atoms with van der Waals surface area (Å²) < 4.78 is 0. The average Bonchev–Trinajstić information content (AvgIpc) is 2.50. The molecule has 2 aromatic carbocycles. The summed E-state index contributed by atoms with van der Waals surface area (Å²) in [6.07, 6.45) is 0.674. The lowest BCUT2D eigenvalue weighted by molar-refractivity contribution is 0.102. The summed E-state index contributed by atoms with van der Waals surface area (Å²) in [6, 6.07) is 16.0. The minimum atomic E-state index is -0.371. The summed E-state index contributed by atoms with van der Waals surface area (Å²) in [5.41, 5.74) is 2.09. The highest BCUT2D eigenvalue weighted by molar-refractivity contribution is 6.08. The number of Topliss-reactive ketones (excluding diaryl/α,β-unsaturated/α-hetero) is 1. The largest absolute Gasteiger partial charge is 0.513 e. The van der Waals surface area contributed by atoms with Gasteiger partial charge < -0.3 is 5.11 Å². The lowest BCUT2D eigenvalue weighted by atomic mass is 10.1. The van der Waals surface area contributed by atoms with Crippen LogP contribution in [-0.2, 0) is 0 Å². The highest BCUT2D eigenvalue weighted by atomic mass is 16.2. The molecule has 0 aromatic heterocycles. The van der Waals surface area contributed by atoms with Crippen molar-refractivity contribution in [2.24, 2.45) is 10.2 Å². The number of aliphatic hydroxyl groups is 1. The Hall–Kier alpha value is -2.75. The van der Waals surface area contributed by atoms with E-state index in [9.17, 15) is 4.79 Å². The molecule has 0 amide bonds. The third-order valence-electron chi connectivity index (χ3n) is 2.70. The van der Waals surface area contributed by atoms with E-state index in [2.05, 4.69) is 10.2 Å². The fourth-order valence-electron chi connectivity index (χ4n) is 1.59. The van der Waals surface area contributed by atoms with Gasteiger partial charge in [-0.25, -0.2) is 0 Å². The molecule has 4 heteroatoms. The molecule has 20 heavy (non-hydrogen) atoms. The van der Waals surface area contributed by atoms with Gasteiger partial charge in [-0.15, -0.1) is 5.11 Å². The minimum absolute atomic E-state index is 0.100. The Balaban J connectivity index is 2.18. The number of nitrogens with zero attached hydrogens (tertiary/aromatic N) is 2. The number of benzene rings is 2. The lowest BCUT2D eigenvalue weighted by Crippen LogP contribution is -2.00. The summed E-state index contributed by atoms with van der Waals surface area (Å²) >= 11 is 0. The standard InChI is InChI=1S/C16H14N2O2/c1-12-7-9-14(10-8-12)17-18-15(11-19)16(20)13-5-3-2-4-6-13/h2-11,19H,1H3/b15-11-,18-17?. The third-order valence-corrected chi connectivity index (χ3v) is 2.70. The Morgan fingerprint density at radius 2 is 1.70 bits per heavy atom. The van der Waals surface area contributed by atoms with Gasteiger partial charge in [0.1, 0.15) is 6.26 Å². The van der Waals surface area contributed by atoms with Gasteiger partial charge in [0.05, 0.1) is 5.69 Å². The highest BCUT2D eigenvalue weighted by Gasteiger charge is 2.11. The Morgan fingerprint density at radius 3 is 2.30 bits per heavy atom. The first-order valence-electron chi connectivity index (χ1n) is 6.13. The molecule has 1 N–H and O–H groups in total. The van der Waals surface area contributed by atoms with Gasteiger partial charge in [-0.2, -0.15) is 5.11 Å². The molecular weight excluding hydrogens is 252 g/mol. The Labute approximate surface area is 117 Å². The summed E-state index contributed by atoms with van der Waals surface area (Å²) in [5, 5.41) is 16.9. The zero-order chi connectivity index (χ0) is 14.4. The fourth-order valence-corrected chi connectivity index (χ4v) is 1.59. The van der Waals surface area contributed by atoms with E-state index in [0.29, 0.717) is 17.5 Å². The quantitative estimate of drug-likeness (QED) is 0.387. The van der Waals surface area contributed by atoms with E-state index >= 15 is 0 Å². The first kappa shape index (κ1) is 13.7. The number of azo groups is 1. The molecule has 0 spiro atoms. The van der Waals surface area contributed by atoms with Crippen LogP contribution < -0.4 is 0 Å². The van der Waals surface area contributed by atoms with Crippen molar-refractivity contribution in [2.75, 3.05) is 0 Å². The number of carbonyl (C=O) groups is 1. The lowest BCUT2D eigenvalue weighted by Gasteiger charge is -1.99. The number of ketones is 1. The summed E-state index contributed by atoms with van der Waals surface area (Å²) in [6.45, 7) is 1.97. The molecule has 2 rings (SSSR count). The van der Waals surface area contributed by atoms with Crippen molar-refractivity contribution >= 4 is 11.5 Å². The van der Waals surface area contributed by atoms with Crippen LogP contribution in [0.3, 0.4) is 0 Å². The second-order valence-corrected chi connectivity index (χ2v) is 4.25. The van der Waals surface area contributed by atoms with Crippen LogP contribution in [0.1, 0.15) is 15.9 Å². The number of allylic oxidation sites excluding steroid dienone is 1. The molecule has 0 saturated carbocycles. The second kappa shape index (κ2) is 6.43. The van der Waals surface area contributed by atoms with Crippen molar-refractivity contribution in [1.82, 2.24) is 0 Å². The van der Waals surface area contributed by atoms with Crippen LogP contribution in [0.5, 0.6) is 0 Å². The van der Waals surface area contributed by atoms with E-state index in [0.717, 1.165) is 5.56 Å². The number of aryl methyl sites for hydroxylation is 1. The smallest absolute Gasteiger partial charge is 0.216 e. The predicted molar refractivity (Wildman–Crippen MR) is 77.2 cm³/mol. The van der Waals surface area contributed by atoms with Crippen LogP contribution in [-0.4, -0.2) is 10.9 Å². The van der Waals surface area contributed by atoms with E-state index in [1.807, 2.05) is 25.1 Å². The van der Waals surface area contributed by atoms with Crippen molar-refractivity contribution in [3.63, 3.8) is 0 Å². The maximum Gasteiger partial charge on any atom is 0.216 e. The number of aliphatic hydroxyl groups excluding tert-OH is 1. The molecule has 0 aliphatic carbocycles. The maximum atomic E-state index is 12.1. The zero-order valence-electron chi connectivity index (χ0n) is 11.0. The van der Waals surface area contributed by atoms with Gasteiger partial charge in [0, 0.05) is 5.56 Å². The summed E-state index contributed by atoms with van der Waals surface area (Å²) in [7, 11) is 0. The van der Waals surface area contributed by atoms with Gasteiger partial charge in [0.25, 0.3) is 0 Å². The first-order valence-corrected chi connectivity index (χ1v) is 6.13. The Bertz CT molecular complexity index is 644. The second-order valence-electron chi connectivity index (χ2n) is 4.25. The van der Waals surface area contributed by atoms with E-state index in [1.165, 1.54) is 0 Å². The molecular formula is C16H14N2O2. The molecule has 0 radical (unpaired) electrons. The van der Waals surface area contributed by atoms with Crippen LogP contribution in [0, 0.1) is 6.92 Å². The highest BCUT2D eigenvalue weighted by Crippen LogP contribution is 2.16. The third kappa shape index (κ3) is 3.38. The maximum absolute atomic E-state index is 12.1. The number of carbonyl (C=O) groups excluding carboxylic acids is 1. The van der Waals surface area contributed by atoms with Gasteiger partial charge in [0.2, 0.25) is 5.78 Å². The van der Waals surface area contributed by atoms with Crippen molar-refractivity contribution < 1.29 is 9.90 Å². The van der Waals surface area contributed by atoms with E-state index in [-0.39, 0.29) is 11.5 Å². The predicted octanol–water partition coefficient (Wildman–Crippen LogP) is 4.36. The molecule has 0 atom stereocenters. The molecule has 0 saturated heterocycles. The minimum Gasteiger partial charge on any atom is -0.513 e. The number of hydrogen-bond donors (Lipinski definition) is 1. The summed E-state index contributed by atoms with van der Waals surface area (Å²) in [4.78, 5) is 12.1. The molecule has 0 aliphatic heterocycles. The molecule has 2 aromatic rings. The van der Waals surface area contributed by atoms with Crippen molar-refractivity contribution in [1.29, 1.82) is 0 Å². The Kier molecular flexibility index (Phi) is 4.39. The molecule has 0 heterocycles. The van der Waals surface area contributed by atoms with E-state index in [4.69, 9.17) is 5.11 Å². The van der Waals surface area contributed by atoms with Crippen LogP contribution >= 0.6 is 0 Å². The normalized spacial score (nSPS) is 11.8. The molecule has 0 aliphatic rings. The van der Waals surface area contributed by atoms with Gasteiger partial charge in [0.15, 0.2) is 5.70 Å². The van der Waals surface area contributed by atoms with Crippen LogP contribution in [0.4, 0.5) is 5.69 Å². The summed E-state index contributed by atoms with van der Waals surface area (Å²) in [5.74, 6) is -0.371. The van der Waals surface area contributed by atoms with Crippen molar-refractivity contribution in [2.45, 2.75) is 6.92 Å². The topological polar surface area (TPSA) is 62.0 Å². The monoisotopic (exact) mass is 266 g/mol. The number of rotatable bonds is 4. The van der Waals surface area contributed by atoms with E-state index < -0.39 is 0 Å². The number of hydrogen-bond acceptors (Lipinski definition) is 4. The zero-order valence-corrected chi connectivity index (χ0v) is 11.0. The van der Waals surface area contributed by atoms with Crippen molar-refractivity contribution in [3.05, 3.63) is 77.7 Å². The van der Waals surface area contributed by atoms with Gasteiger partial charge in [-0.1, -0.05) is 48.0 Å². The molecule has 0 fully saturated rings. The van der Waals surface area contributed by atoms with Crippen LogP contribution in [0.15, 0.2) is 76.8 Å². The first-order chi connectivity index (χ1) is 9.70. The average molecular weight is 266 g/mol. The SMILES string of the molecule is Cc1ccc(N=N/C(=C\O)C(=O)c2ccccc2)cc1. The molecule has 0 bridgehead atoms. The Morgan fingerprint density at radius 1 is 1.05 bits per heavy atom. The van der Waals surface area contributed by atoms with Crippen molar-refractivity contribution in [3.8, 4) is 0 Å². The van der Waals surface area contributed by atoms with Gasteiger partial charge in [-0.3, -0.25) is 4.79 Å². The fraction of sp³-hybridized carbons (Fsp3) is 0.0625. The van der Waals surface area contributed by atoms with E-state index in [1.54, 1.807) is 36.4 Å². The van der Waals surface area contributed by atoms with Crippen LogP contribution in [0.2, 0.25) is 0 Å². The molecule has 0 unspecified atom stereocenters. The van der Waals surface area contributed by atoms with Crippen LogP contribution in [0.25, 0.3) is 0 Å².